The van der Waals surface area contributed by atoms with E-state index in [4.69, 9.17) is 19.2 Å². The minimum Gasteiger partial charge on any atom is -0.493 e. The first-order chi connectivity index (χ1) is 19.0. The molecular weight excluding hydrogens is 496 g/mol. The molecule has 1 amide bonds. The molecule has 0 spiro atoms. The van der Waals surface area contributed by atoms with E-state index < -0.39 is 11.7 Å². The first-order valence-electron chi connectivity index (χ1n) is 12.9. The molecule has 0 atom stereocenters. The number of rotatable bonds is 8. The fourth-order valence-electron chi connectivity index (χ4n) is 5.01. The van der Waals surface area contributed by atoms with Crippen molar-refractivity contribution in [2.45, 2.75) is 31.4 Å². The maximum atomic E-state index is 12.9. The topological polar surface area (TPSA) is 106 Å². The third kappa shape index (κ3) is 5.98. The summed E-state index contributed by atoms with van der Waals surface area (Å²) < 4.78 is 16.9. The molecule has 39 heavy (non-hydrogen) atoms. The van der Waals surface area contributed by atoms with Gasteiger partial charge >= 0.3 is 6.09 Å². The molecule has 9 nitrogen and oxygen atoms in total. The van der Waals surface area contributed by atoms with Crippen molar-refractivity contribution in [2.24, 2.45) is 0 Å². The summed E-state index contributed by atoms with van der Waals surface area (Å²) in [6, 6.07) is 23.1. The molecule has 5 rings (SSSR count). The third-order valence-electron chi connectivity index (χ3n) is 7.13. The molecule has 0 aliphatic carbocycles. The van der Waals surface area contributed by atoms with Gasteiger partial charge in [0, 0.05) is 45.0 Å². The zero-order valence-corrected chi connectivity index (χ0v) is 22.1. The average molecular weight is 529 g/mol. The number of alkyl carbamates (subject to hydrolysis) is 1. The second kappa shape index (κ2) is 11.5. The van der Waals surface area contributed by atoms with Crippen LogP contribution in [0.5, 0.6) is 11.5 Å². The van der Waals surface area contributed by atoms with Gasteiger partial charge in [-0.1, -0.05) is 60.7 Å². The van der Waals surface area contributed by atoms with E-state index in [9.17, 15) is 9.59 Å². The zero-order chi connectivity index (χ0) is 27.2. The van der Waals surface area contributed by atoms with Crippen molar-refractivity contribution in [3.05, 3.63) is 94.3 Å². The summed E-state index contributed by atoms with van der Waals surface area (Å²) >= 11 is 0. The van der Waals surface area contributed by atoms with Crippen LogP contribution in [0.3, 0.4) is 0 Å². The van der Waals surface area contributed by atoms with Gasteiger partial charge in [0.15, 0.2) is 11.5 Å². The van der Waals surface area contributed by atoms with Crippen LogP contribution in [-0.2, 0) is 17.7 Å². The van der Waals surface area contributed by atoms with E-state index in [1.165, 1.54) is 7.11 Å². The van der Waals surface area contributed by atoms with Crippen LogP contribution in [0.2, 0.25) is 0 Å². The highest BCUT2D eigenvalue weighted by atomic mass is 16.6. The minimum absolute atomic E-state index is 0.256. The number of carbonyl (C=O) groups excluding carboxylic acids is 1. The summed E-state index contributed by atoms with van der Waals surface area (Å²) in [7, 11) is 3.07. The molecule has 202 valence electrons. The Morgan fingerprint density at radius 1 is 0.949 bits per heavy atom. The highest BCUT2D eigenvalue weighted by Crippen LogP contribution is 2.33. The number of aromatic amines is 1. The van der Waals surface area contributed by atoms with E-state index in [-0.39, 0.29) is 5.56 Å². The second-order valence-electron chi connectivity index (χ2n) is 9.67. The van der Waals surface area contributed by atoms with Crippen molar-refractivity contribution in [1.29, 1.82) is 0 Å². The van der Waals surface area contributed by atoms with Crippen LogP contribution in [0.1, 0.15) is 24.0 Å². The SMILES string of the molecule is COc1cc2nc(N3CCC(Cc4ccccc4)(OC(=O)NCc4ccccc4)CC3)[nH]c(=O)c2cc1OC. The van der Waals surface area contributed by atoms with Gasteiger partial charge in [-0.05, 0) is 17.2 Å². The lowest BCUT2D eigenvalue weighted by molar-refractivity contribution is -0.00745. The lowest BCUT2D eigenvalue weighted by atomic mass is 9.85. The van der Waals surface area contributed by atoms with Crippen LogP contribution in [0.15, 0.2) is 77.6 Å². The summed E-state index contributed by atoms with van der Waals surface area (Å²) in [5.41, 5.74) is 1.67. The molecule has 1 aliphatic rings. The first-order valence-corrected chi connectivity index (χ1v) is 12.9. The molecule has 3 aromatic carbocycles. The predicted molar refractivity (Wildman–Crippen MR) is 150 cm³/mol. The Bertz CT molecular complexity index is 1480. The van der Waals surface area contributed by atoms with E-state index in [0.29, 0.717) is 67.2 Å². The van der Waals surface area contributed by atoms with E-state index in [0.717, 1.165) is 11.1 Å². The Balaban J connectivity index is 1.34. The fourth-order valence-corrected chi connectivity index (χ4v) is 5.01. The number of H-pyrrole nitrogens is 1. The maximum Gasteiger partial charge on any atom is 0.407 e. The number of ether oxygens (including phenoxy) is 3. The Hall–Kier alpha value is -4.53. The molecular formula is C30H32N4O5. The molecule has 9 heteroatoms. The van der Waals surface area contributed by atoms with E-state index in [1.54, 1.807) is 19.2 Å². The van der Waals surface area contributed by atoms with Crippen molar-refractivity contribution in [2.75, 3.05) is 32.2 Å². The Morgan fingerprint density at radius 2 is 1.56 bits per heavy atom. The minimum atomic E-state index is -0.688. The lowest BCUT2D eigenvalue weighted by Gasteiger charge is -2.41. The van der Waals surface area contributed by atoms with Gasteiger partial charge in [-0.15, -0.1) is 0 Å². The molecule has 2 N–H and O–H groups in total. The molecule has 1 fully saturated rings. The third-order valence-corrected chi connectivity index (χ3v) is 7.13. The van der Waals surface area contributed by atoms with Gasteiger partial charge in [0.05, 0.1) is 25.1 Å². The number of hydrogen-bond donors (Lipinski definition) is 2. The van der Waals surface area contributed by atoms with Crippen LogP contribution in [0.4, 0.5) is 10.7 Å². The molecule has 4 aromatic rings. The number of hydrogen-bond acceptors (Lipinski definition) is 7. The van der Waals surface area contributed by atoms with Gasteiger partial charge in [0.25, 0.3) is 5.56 Å². The summed E-state index contributed by atoms with van der Waals surface area (Å²) in [6.07, 6.45) is 1.31. The number of benzene rings is 3. The number of aromatic nitrogens is 2. The highest BCUT2D eigenvalue weighted by molar-refractivity contribution is 5.82. The zero-order valence-electron chi connectivity index (χ0n) is 22.1. The van der Waals surface area contributed by atoms with Crippen LogP contribution < -0.4 is 25.2 Å². The number of anilines is 1. The summed E-state index contributed by atoms with van der Waals surface area (Å²) in [6.45, 7) is 1.50. The number of nitrogens with one attached hydrogen (secondary N) is 2. The molecule has 1 saturated heterocycles. The average Bonchev–Trinajstić information content (AvgIpc) is 2.97. The van der Waals surface area contributed by atoms with Crippen LogP contribution >= 0.6 is 0 Å². The smallest absolute Gasteiger partial charge is 0.407 e. The number of piperidine rings is 1. The van der Waals surface area contributed by atoms with Crippen molar-refractivity contribution in [1.82, 2.24) is 15.3 Å². The molecule has 2 heterocycles. The molecule has 1 aromatic heterocycles. The molecule has 1 aliphatic heterocycles. The highest BCUT2D eigenvalue weighted by Gasteiger charge is 2.39. The molecule has 0 saturated carbocycles. The van der Waals surface area contributed by atoms with Gasteiger partial charge in [0.1, 0.15) is 5.60 Å². The van der Waals surface area contributed by atoms with Crippen LogP contribution in [0, 0.1) is 0 Å². The van der Waals surface area contributed by atoms with Crippen LogP contribution in [0.25, 0.3) is 10.9 Å². The monoisotopic (exact) mass is 528 g/mol. The van der Waals surface area contributed by atoms with Crippen LogP contribution in [-0.4, -0.2) is 49.0 Å². The fraction of sp³-hybridized carbons (Fsp3) is 0.300. The van der Waals surface area contributed by atoms with E-state index >= 15 is 0 Å². The van der Waals surface area contributed by atoms with Gasteiger partial charge in [0.2, 0.25) is 5.95 Å². The van der Waals surface area contributed by atoms with Crippen molar-refractivity contribution >= 4 is 22.9 Å². The number of carbonyl (C=O) groups is 1. The largest absolute Gasteiger partial charge is 0.493 e. The molecule has 0 radical (unpaired) electrons. The quantitative estimate of drug-likeness (QED) is 0.348. The summed E-state index contributed by atoms with van der Waals surface area (Å²) in [5.74, 6) is 1.45. The van der Waals surface area contributed by atoms with Gasteiger partial charge in [-0.2, -0.15) is 0 Å². The van der Waals surface area contributed by atoms with Crippen molar-refractivity contribution < 1.29 is 19.0 Å². The normalized spacial score (nSPS) is 14.6. The first kappa shape index (κ1) is 26.1. The van der Waals surface area contributed by atoms with Gasteiger partial charge in [-0.25, -0.2) is 9.78 Å². The Morgan fingerprint density at radius 3 is 2.21 bits per heavy atom. The number of methoxy groups -OCH3 is 2. The second-order valence-corrected chi connectivity index (χ2v) is 9.67. The van der Waals surface area contributed by atoms with E-state index in [2.05, 4.69) is 10.3 Å². The summed E-state index contributed by atoms with van der Waals surface area (Å²) in [4.78, 5) is 35.5. The van der Waals surface area contributed by atoms with E-state index in [1.807, 2.05) is 65.6 Å². The van der Waals surface area contributed by atoms with Crippen molar-refractivity contribution in [3.63, 3.8) is 0 Å². The predicted octanol–water partition coefficient (Wildman–Crippen LogP) is 4.45. The van der Waals surface area contributed by atoms with Gasteiger partial charge in [-0.3, -0.25) is 9.78 Å². The standard InChI is InChI=1S/C30H32N4O5/c1-37-25-17-23-24(18-26(25)38-2)32-28(33-27(23)35)34-15-13-30(14-16-34,19-21-9-5-3-6-10-21)39-29(36)31-20-22-11-7-4-8-12-22/h3-12,17-18H,13-16,19-20H2,1-2H3,(H,31,36)(H,32,33,35). The summed E-state index contributed by atoms with van der Waals surface area (Å²) in [5, 5.41) is 3.31. The molecule has 0 unspecified atom stereocenters. The molecule has 0 bridgehead atoms. The Labute approximate surface area is 226 Å². The number of fused-ring (bicyclic) bond motifs is 1. The maximum absolute atomic E-state index is 12.9. The van der Waals surface area contributed by atoms with Gasteiger partial charge < -0.3 is 24.4 Å². The van der Waals surface area contributed by atoms with Crippen molar-refractivity contribution in [3.8, 4) is 11.5 Å². The number of nitrogens with zero attached hydrogens (tertiary/aromatic N) is 2. The lowest BCUT2D eigenvalue weighted by Crippen LogP contribution is -2.50. The number of amides is 1. The Kier molecular flexibility index (Phi) is 7.67.